The van der Waals surface area contributed by atoms with Crippen molar-refractivity contribution in [2.24, 2.45) is 0 Å². The van der Waals surface area contributed by atoms with Crippen molar-refractivity contribution < 1.29 is 0 Å². The van der Waals surface area contributed by atoms with Gasteiger partial charge < -0.3 is 10.2 Å². The predicted molar refractivity (Wildman–Crippen MR) is 70.7 cm³/mol. The molecule has 0 amide bonds. The molecule has 3 heteroatoms. The summed E-state index contributed by atoms with van der Waals surface area (Å²) in [5.41, 5.74) is 0. The van der Waals surface area contributed by atoms with Crippen molar-refractivity contribution in [2.75, 3.05) is 32.4 Å². The first-order valence-corrected chi connectivity index (χ1v) is 7.53. The third-order valence-electron chi connectivity index (χ3n) is 3.11. The molecule has 1 N–H and O–H groups in total. The van der Waals surface area contributed by atoms with Gasteiger partial charge in [-0.1, -0.05) is 13.8 Å². The van der Waals surface area contributed by atoms with Crippen LogP contribution in [0.15, 0.2) is 0 Å². The normalized spacial score (nSPS) is 25.4. The molecule has 1 rings (SSSR count). The first kappa shape index (κ1) is 13.3. The van der Waals surface area contributed by atoms with Crippen LogP contribution in [0.25, 0.3) is 0 Å². The number of nitrogens with one attached hydrogen (secondary N) is 1. The van der Waals surface area contributed by atoms with E-state index in [1.165, 1.54) is 45.4 Å². The van der Waals surface area contributed by atoms with Crippen molar-refractivity contribution in [3.05, 3.63) is 0 Å². The molecular weight excluding hydrogens is 204 g/mol. The Morgan fingerprint density at radius 3 is 3.00 bits per heavy atom. The molecule has 15 heavy (non-hydrogen) atoms. The zero-order chi connectivity index (χ0) is 11.1. The van der Waals surface area contributed by atoms with Gasteiger partial charge in [-0.25, -0.2) is 0 Å². The standard InChI is InChI=1S/C12H26N2S/c1-4-7-13-12-6-5-8-14(10-12)9-11(2)15-3/h11-13H,4-10H2,1-3H3. The average Bonchev–Trinajstić information content (AvgIpc) is 2.26. The maximum absolute atomic E-state index is 3.64. The number of likely N-dealkylation sites (tertiary alicyclic amines) is 1. The molecule has 1 saturated heterocycles. The lowest BCUT2D eigenvalue weighted by Crippen LogP contribution is -2.47. The molecule has 0 aliphatic carbocycles. The van der Waals surface area contributed by atoms with Crippen molar-refractivity contribution >= 4 is 11.8 Å². The van der Waals surface area contributed by atoms with Crippen LogP contribution < -0.4 is 5.32 Å². The van der Waals surface area contributed by atoms with Crippen LogP contribution in [0.5, 0.6) is 0 Å². The molecule has 0 saturated carbocycles. The summed E-state index contributed by atoms with van der Waals surface area (Å²) in [4.78, 5) is 2.62. The van der Waals surface area contributed by atoms with Gasteiger partial charge in [0.2, 0.25) is 0 Å². The van der Waals surface area contributed by atoms with Crippen LogP contribution in [-0.4, -0.2) is 48.6 Å². The van der Waals surface area contributed by atoms with Crippen molar-refractivity contribution in [1.82, 2.24) is 10.2 Å². The largest absolute Gasteiger partial charge is 0.313 e. The van der Waals surface area contributed by atoms with E-state index >= 15 is 0 Å². The van der Waals surface area contributed by atoms with E-state index in [-0.39, 0.29) is 0 Å². The molecule has 0 aromatic heterocycles. The number of hydrogen-bond acceptors (Lipinski definition) is 3. The molecule has 90 valence electrons. The molecule has 0 bridgehead atoms. The van der Waals surface area contributed by atoms with E-state index in [0.717, 1.165) is 11.3 Å². The molecule has 2 nitrogen and oxygen atoms in total. The van der Waals surface area contributed by atoms with E-state index in [2.05, 4.69) is 30.3 Å². The van der Waals surface area contributed by atoms with Gasteiger partial charge in [-0.3, -0.25) is 0 Å². The summed E-state index contributed by atoms with van der Waals surface area (Å²) in [6.45, 7) is 9.55. The molecule has 0 radical (unpaired) electrons. The topological polar surface area (TPSA) is 15.3 Å². The molecular formula is C12H26N2S. The summed E-state index contributed by atoms with van der Waals surface area (Å²) in [7, 11) is 0. The summed E-state index contributed by atoms with van der Waals surface area (Å²) < 4.78 is 0. The minimum atomic E-state index is 0.743. The maximum atomic E-state index is 3.64. The lowest BCUT2D eigenvalue weighted by molar-refractivity contribution is 0.193. The van der Waals surface area contributed by atoms with E-state index in [9.17, 15) is 0 Å². The van der Waals surface area contributed by atoms with E-state index in [4.69, 9.17) is 0 Å². The summed E-state index contributed by atoms with van der Waals surface area (Å²) in [6.07, 6.45) is 6.19. The Bertz CT molecular complexity index is 164. The highest BCUT2D eigenvalue weighted by Gasteiger charge is 2.19. The van der Waals surface area contributed by atoms with Crippen LogP contribution >= 0.6 is 11.8 Å². The van der Waals surface area contributed by atoms with Crippen molar-refractivity contribution in [3.8, 4) is 0 Å². The van der Waals surface area contributed by atoms with Gasteiger partial charge in [0.05, 0.1) is 0 Å². The minimum Gasteiger partial charge on any atom is -0.313 e. The van der Waals surface area contributed by atoms with Crippen LogP contribution in [0.2, 0.25) is 0 Å². The lowest BCUT2D eigenvalue weighted by atomic mass is 10.1. The van der Waals surface area contributed by atoms with Gasteiger partial charge in [0.25, 0.3) is 0 Å². The van der Waals surface area contributed by atoms with Crippen LogP contribution in [0, 0.1) is 0 Å². The highest BCUT2D eigenvalue weighted by atomic mass is 32.2. The fourth-order valence-electron chi connectivity index (χ4n) is 2.17. The Balaban J connectivity index is 2.22. The highest BCUT2D eigenvalue weighted by molar-refractivity contribution is 7.99. The van der Waals surface area contributed by atoms with Crippen LogP contribution in [0.1, 0.15) is 33.1 Å². The minimum absolute atomic E-state index is 0.743. The zero-order valence-electron chi connectivity index (χ0n) is 10.5. The Morgan fingerprint density at radius 2 is 2.33 bits per heavy atom. The Morgan fingerprint density at radius 1 is 1.53 bits per heavy atom. The fraction of sp³-hybridized carbons (Fsp3) is 1.00. The van der Waals surface area contributed by atoms with Crippen LogP contribution in [0.3, 0.4) is 0 Å². The fourth-order valence-corrected chi connectivity index (χ4v) is 2.53. The summed E-state index contributed by atoms with van der Waals surface area (Å²) in [5.74, 6) is 0. The van der Waals surface area contributed by atoms with Gasteiger partial charge in [-0.15, -0.1) is 0 Å². The summed E-state index contributed by atoms with van der Waals surface area (Å²) in [5, 5.41) is 4.42. The van der Waals surface area contributed by atoms with Gasteiger partial charge in [0.1, 0.15) is 0 Å². The Hall–Kier alpha value is 0.270. The van der Waals surface area contributed by atoms with Gasteiger partial charge in [-0.05, 0) is 38.6 Å². The number of piperidine rings is 1. The lowest BCUT2D eigenvalue weighted by Gasteiger charge is -2.34. The van der Waals surface area contributed by atoms with Crippen molar-refractivity contribution in [3.63, 3.8) is 0 Å². The van der Waals surface area contributed by atoms with Gasteiger partial charge in [0, 0.05) is 24.4 Å². The molecule has 0 aromatic carbocycles. The molecule has 1 fully saturated rings. The van der Waals surface area contributed by atoms with Gasteiger partial charge in [-0.2, -0.15) is 11.8 Å². The predicted octanol–water partition coefficient (Wildman–Crippen LogP) is 2.20. The van der Waals surface area contributed by atoms with Gasteiger partial charge in [0.15, 0.2) is 0 Å². The average molecular weight is 230 g/mol. The van der Waals surface area contributed by atoms with E-state index in [1.54, 1.807) is 0 Å². The highest BCUT2D eigenvalue weighted by Crippen LogP contribution is 2.14. The molecule has 0 spiro atoms. The van der Waals surface area contributed by atoms with Gasteiger partial charge >= 0.3 is 0 Å². The number of thioether (sulfide) groups is 1. The second-order valence-electron chi connectivity index (χ2n) is 4.60. The van der Waals surface area contributed by atoms with E-state index < -0.39 is 0 Å². The zero-order valence-corrected chi connectivity index (χ0v) is 11.3. The maximum Gasteiger partial charge on any atom is 0.0195 e. The van der Waals surface area contributed by atoms with Crippen LogP contribution in [-0.2, 0) is 0 Å². The number of rotatable bonds is 6. The molecule has 1 aliphatic rings. The smallest absolute Gasteiger partial charge is 0.0195 e. The van der Waals surface area contributed by atoms with Crippen LogP contribution in [0.4, 0.5) is 0 Å². The number of nitrogens with zero attached hydrogens (tertiary/aromatic N) is 1. The first-order valence-electron chi connectivity index (χ1n) is 6.24. The molecule has 2 unspecified atom stereocenters. The first-order chi connectivity index (χ1) is 7.26. The Kier molecular flexibility index (Phi) is 6.69. The van der Waals surface area contributed by atoms with E-state index in [1.807, 2.05) is 11.8 Å². The quantitative estimate of drug-likeness (QED) is 0.753. The Labute approximate surface area is 99.2 Å². The monoisotopic (exact) mass is 230 g/mol. The summed E-state index contributed by atoms with van der Waals surface area (Å²) in [6, 6.07) is 0.743. The number of hydrogen-bond donors (Lipinski definition) is 1. The molecule has 0 aromatic rings. The summed E-state index contributed by atoms with van der Waals surface area (Å²) >= 11 is 1.98. The SMILES string of the molecule is CCCNC1CCCN(CC(C)SC)C1. The third kappa shape index (κ3) is 5.23. The van der Waals surface area contributed by atoms with E-state index in [0.29, 0.717) is 0 Å². The van der Waals surface area contributed by atoms with Crippen molar-refractivity contribution in [1.29, 1.82) is 0 Å². The molecule has 2 atom stereocenters. The molecule has 1 heterocycles. The third-order valence-corrected chi connectivity index (χ3v) is 4.06. The molecule has 1 aliphatic heterocycles. The van der Waals surface area contributed by atoms with Crippen molar-refractivity contribution in [2.45, 2.75) is 44.4 Å². The second-order valence-corrected chi connectivity index (χ2v) is 5.88. The second kappa shape index (κ2) is 7.53.